The zero-order valence-corrected chi connectivity index (χ0v) is 8.45. The third-order valence-electron chi connectivity index (χ3n) is 1.95. The van der Waals surface area contributed by atoms with Crippen LogP contribution in [0.1, 0.15) is 25.2 Å². The minimum Gasteiger partial charge on any atom is -0.465 e. The summed E-state index contributed by atoms with van der Waals surface area (Å²) in [5.74, 6) is 1.42. The molecule has 0 bridgehead atoms. The SMILES string of the molecule is C/C=C\C(C)/C=C\c1occc1C. The van der Waals surface area contributed by atoms with Crippen molar-refractivity contribution < 1.29 is 4.42 Å². The second-order valence-corrected chi connectivity index (χ2v) is 3.21. The van der Waals surface area contributed by atoms with Gasteiger partial charge in [-0.1, -0.05) is 25.2 Å². The molecule has 0 aliphatic heterocycles. The molecule has 1 rings (SSSR count). The van der Waals surface area contributed by atoms with E-state index in [-0.39, 0.29) is 0 Å². The highest BCUT2D eigenvalue weighted by molar-refractivity contribution is 5.47. The van der Waals surface area contributed by atoms with Crippen LogP contribution in [0.5, 0.6) is 0 Å². The zero-order chi connectivity index (χ0) is 9.68. The van der Waals surface area contributed by atoms with Crippen molar-refractivity contribution in [3.63, 3.8) is 0 Å². The van der Waals surface area contributed by atoms with Crippen LogP contribution in [-0.4, -0.2) is 0 Å². The first-order chi connectivity index (χ1) is 6.24. The standard InChI is InChI=1S/C12H16O/c1-4-5-10(2)6-7-12-11(3)8-9-13-12/h4-10H,1-3H3/b5-4-,7-6-. The van der Waals surface area contributed by atoms with E-state index in [0.29, 0.717) is 5.92 Å². The Morgan fingerprint density at radius 1 is 1.38 bits per heavy atom. The lowest BCUT2D eigenvalue weighted by Gasteiger charge is -1.95. The Morgan fingerprint density at radius 2 is 2.15 bits per heavy atom. The predicted octanol–water partition coefficient (Wildman–Crippen LogP) is 3.81. The van der Waals surface area contributed by atoms with Crippen molar-refractivity contribution in [2.24, 2.45) is 5.92 Å². The minimum absolute atomic E-state index is 0.467. The lowest BCUT2D eigenvalue weighted by atomic mass is 10.1. The van der Waals surface area contributed by atoms with Gasteiger partial charge in [0.05, 0.1) is 6.26 Å². The van der Waals surface area contributed by atoms with Gasteiger partial charge in [0.1, 0.15) is 5.76 Å². The van der Waals surface area contributed by atoms with Gasteiger partial charge in [0.25, 0.3) is 0 Å². The number of hydrogen-bond acceptors (Lipinski definition) is 1. The molecule has 0 aliphatic rings. The zero-order valence-electron chi connectivity index (χ0n) is 8.45. The van der Waals surface area contributed by atoms with E-state index >= 15 is 0 Å². The van der Waals surface area contributed by atoms with Crippen LogP contribution in [0.3, 0.4) is 0 Å². The molecule has 0 spiro atoms. The molecule has 0 fully saturated rings. The normalized spacial score (nSPS) is 14.4. The van der Waals surface area contributed by atoms with Crippen molar-refractivity contribution in [1.82, 2.24) is 0 Å². The predicted molar refractivity (Wildman–Crippen MR) is 56.5 cm³/mol. The van der Waals surface area contributed by atoms with E-state index in [1.54, 1.807) is 6.26 Å². The van der Waals surface area contributed by atoms with Crippen molar-refractivity contribution in [2.75, 3.05) is 0 Å². The van der Waals surface area contributed by atoms with Gasteiger partial charge in [0, 0.05) is 0 Å². The molecule has 1 heteroatoms. The van der Waals surface area contributed by atoms with Crippen LogP contribution >= 0.6 is 0 Å². The van der Waals surface area contributed by atoms with Crippen LogP contribution in [0.15, 0.2) is 35.0 Å². The molecule has 13 heavy (non-hydrogen) atoms. The summed E-state index contributed by atoms with van der Waals surface area (Å²) in [6.45, 7) is 6.22. The van der Waals surface area contributed by atoms with Gasteiger partial charge < -0.3 is 4.42 Å². The summed E-state index contributed by atoms with van der Waals surface area (Å²) in [6.07, 6.45) is 10.1. The van der Waals surface area contributed by atoms with E-state index in [0.717, 1.165) is 5.76 Å². The van der Waals surface area contributed by atoms with Crippen LogP contribution < -0.4 is 0 Å². The van der Waals surface area contributed by atoms with Gasteiger partial charge in [-0.15, -0.1) is 0 Å². The maximum Gasteiger partial charge on any atom is 0.129 e. The summed E-state index contributed by atoms with van der Waals surface area (Å²) < 4.78 is 5.28. The maximum absolute atomic E-state index is 5.28. The quantitative estimate of drug-likeness (QED) is 0.638. The van der Waals surface area contributed by atoms with Crippen molar-refractivity contribution >= 4 is 6.08 Å². The average molecular weight is 176 g/mol. The highest BCUT2D eigenvalue weighted by Crippen LogP contribution is 2.12. The van der Waals surface area contributed by atoms with Crippen molar-refractivity contribution in [3.8, 4) is 0 Å². The van der Waals surface area contributed by atoms with E-state index in [4.69, 9.17) is 4.42 Å². The fraction of sp³-hybridized carbons (Fsp3) is 0.333. The Morgan fingerprint density at radius 3 is 2.69 bits per heavy atom. The fourth-order valence-corrected chi connectivity index (χ4v) is 1.16. The second kappa shape index (κ2) is 4.70. The molecule has 1 nitrogen and oxygen atoms in total. The summed E-state index contributed by atoms with van der Waals surface area (Å²) in [7, 11) is 0. The topological polar surface area (TPSA) is 13.1 Å². The first-order valence-corrected chi connectivity index (χ1v) is 4.59. The lowest BCUT2D eigenvalue weighted by Crippen LogP contribution is -1.80. The van der Waals surface area contributed by atoms with Gasteiger partial charge in [-0.25, -0.2) is 0 Å². The maximum atomic E-state index is 5.28. The molecule has 0 N–H and O–H groups in total. The highest BCUT2D eigenvalue weighted by atomic mass is 16.3. The van der Waals surface area contributed by atoms with Gasteiger partial charge in [-0.3, -0.25) is 0 Å². The van der Waals surface area contributed by atoms with Crippen molar-refractivity contribution in [2.45, 2.75) is 20.8 Å². The number of allylic oxidation sites excluding steroid dienone is 3. The van der Waals surface area contributed by atoms with Gasteiger partial charge in [0.15, 0.2) is 0 Å². The van der Waals surface area contributed by atoms with E-state index in [9.17, 15) is 0 Å². The summed E-state index contributed by atoms with van der Waals surface area (Å²) in [5.41, 5.74) is 1.18. The number of aryl methyl sites for hydroxylation is 1. The third-order valence-corrected chi connectivity index (χ3v) is 1.95. The molecule has 0 saturated heterocycles. The largest absolute Gasteiger partial charge is 0.465 e. The van der Waals surface area contributed by atoms with Crippen LogP contribution in [0, 0.1) is 12.8 Å². The summed E-state index contributed by atoms with van der Waals surface area (Å²) in [5, 5.41) is 0. The third kappa shape index (κ3) is 2.94. The fourth-order valence-electron chi connectivity index (χ4n) is 1.16. The van der Waals surface area contributed by atoms with E-state index < -0.39 is 0 Å². The molecule has 0 aliphatic carbocycles. The van der Waals surface area contributed by atoms with E-state index in [2.05, 4.69) is 25.2 Å². The average Bonchev–Trinajstić information content (AvgIpc) is 2.48. The number of rotatable bonds is 3. The molecule has 0 radical (unpaired) electrons. The Hall–Kier alpha value is -1.24. The van der Waals surface area contributed by atoms with Crippen LogP contribution in [0.2, 0.25) is 0 Å². The molecule has 0 saturated carbocycles. The smallest absolute Gasteiger partial charge is 0.129 e. The summed E-state index contributed by atoms with van der Waals surface area (Å²) >= 11 is 0. The van der Waals surface area contributed by atoms with E-state index in [1.165, 1.54) is 5.56 Å². The van der Waals surface area contributed by atoms with Crippen molar-refractivity contribution in [3.05, 3.63) is 41.9 Å². The molecule has 0 aromatic carbocycles. The van der Waals surface area contributed by atoms with Gasteiger partial charge >= 0.3 is 0 Å². The molecule has 1 atom stereocenters. The van der Waals surface area contributed by atoms with Gasteiger partial charge in [-0.05, 0) is 37.5 Å². The van der Waals surface area contributed by atoms with Crippen molar-refractivity contribution in [1.29, 1.82) is 0 Å². The first kappa shape index (κ1) is 9.85. The highest BCUT2D eigenvalue weighted by Gasteiger charge is 1.96. The van der Waals surface area contributed by atoms with Gasteiger partial charge in [0.2, 0.25) is 0 Å². The van der Waals surface area contributed by atoms with Crippen LogP contribution in [0.4, 0.5) is 0 Å². The Kier molecular flexibility index (Phi) is 3.56. The monoisotopic (exact) mass is 176 g/mol. The molecule has 1 aromatic heterocycles. The van der Waals surface area contributed by atoms with Crippen LogP contribution in [0.25, 0.3) is 6.08 Å². The van der Waals surface area contributed by atoms with E-state index in [1.807, 2.05) is 26.0 Å². The Bertz CT molecular complexity index is 305. The Labute approximate surface area is 79.8 Å². The number of hydrogen-bond donors (Lipinski definition) is 0. The number of furan rings is 1. The lowest BCUT2D eigenvalue weighted by molar-refractivity contribution is 0.554. The molecule has 1 heterocycles. The molecular formula is C12H16O. The first-order valence-electron chi connectivity index (χ1n) is 4.59. The second-order valence-electron chi connectivity index (χ2n) is 3.21. The molecule has 70 valence electrons. The summed E-state index contributed by atoms with van der Waals surface area (Å²) in [6, 6.07) is 1.97. The summed E-state index contributed by atoms with van der Waals surface area (Å²) in [4.78, 5) is 0. The van der Waals surface area contributed by atoms with Crippen LogP contribution in [-0.2, 0) is 0 Å². The molecule has 0 amide bonds. The minimum atomic E-state index is 0.467. The molecule has 1 aromatic rings. The van der Waals surface area contributed by atoms with Gasteiger partial charge in [-0.2, -0.15) is 0 Å². The Balaban J connectivity index is 2.63. The molecular weight excluding hydrogens is 160 g/mol. The molecule has 1 unspecified atom stereocenters.